The molecule has 1 atom stereocenters. The quantitative estimate of drug-likeness (QED) is 0.345. The molecule has 1 heterocycles. The highest BCUT2D eigenvalue weighted by Crippen LogP contribution is 2.27. The second kappa shape index (κ2) is 11.4. The molecule has 7 nitrogen and oxygen atoms in total. The average molecular weight is 541 g/mol. The first kappa shape index (κ1) is 26.3. The monoisotopic (exact) mass is 539 g/mol. The number of hydrogen-bond donors (Lipinski definition) is 2. The van der Waals surface area contributed by atoms with Crippen molar-refractivity contribution >= 4 is 64.1 Å². The third-order valence-electron chi connectivity index (χ3n) is 5.08. The van der Waals surface area contributed by atoms with Gasteiger partial charge in [-0.25, -0.2) is 0 Å². The maximum atomic E-state index is 12.8. The van der Waals surface area contributed by atoms with Crippen LogP contribution in [0, 0.1) is 12.8 Å². The van der Waals surface area contributed by atoms with Gasteiger partial charge >= 0.3 is 0 Å². The molecule has 0 spiro atoms. The number of carbonyl (C=O) groups is 2. The highest BCUT2D eigenvalue weighted by molar-refractivity contribution is 7.99. The summed E-state index contributed by atoms with van der Waals surface area (Å²) in [7, 11) is 1.81. The molecule has 34 heavy (non-hydrogen) atoms. The Labute approximate surface area is 217 Å². The van der Waals surface area contributed by atoms with E-state index in [-0.39, 0.29) is 23.5 Å². The first-order chi connectivity index (χ1) is 16.1. The van der Waals surface area contributed by atoms with Gasteiger partial charge in [0.05, 0.1) is 21.8 Å². The summed E-state index contributed by atoms with van der Waals surface area (Å²) in [5.74, 6) is 0.291. The lowest BCUT2D eigenvalue weighted by Gasteiger charge is -2.22. The SMILES string of the molecule is Cc1cc(Cl)ccc1NC(=O)CSc1nnc([C@H](NC(=O)c2ccc(Cl)c(Cl)c2)C(C)C)n1C. The van der Waals surface area contributed by atoms with Crippen molar-refractivity contribution in [3.8, 4) is 0 Å². The van der Waals surface area contributed by atoms with Gasteiger partial charge in [-0.15, -0.1) is 10.2 Å². The molecule has 0 fully saturated rings. The van der Waals surface area contributed by atoms with E-state index in [1.165, 1.54) is 17.8 Å². The lowest BCUT2D eigenvalue weighted by Crippen LogP contribution is -2.33. The van der Waals surface area contributed by atoms with Gasteiger partial charge in [0, 0.05) is 23.3 Å². The average Bonchev–Trinajstić information content (AvgIpc) is 3.14. The minimum atomic E-state index is -0.403. The van der Waals surface area contributed by atoms with Gasteiger partial charge in [0.2, 0.25) is 5.91 Å². The molecule has 2 N–H and O–H groups in total. The maximum Gasteiger partial charge on any atom is 0.251 e. The Hall–Kier alpha value is -2.26. The second-order valence-electron chi connectivity index (χ2n) is 8.02. The molecule has 0 radical (unpaired) electrons. The molecular weight excluding hydrogens is 517 g/mol. The lowest BCUT2D eigenvalue weighted by molar-refractivity contribution is -0.113. The van der Waals surface area contributed by atoms with E-state index in [4.69, 9.17) is 34.8 Å². The molecule has 3 rings (SSSR count). The van der Waals surface area contributed by atoms with Crippen molar-refractivity contribution < 1.29 is 9.59 Å². The van der Waals surface area contributed by atoms with Crippen molar-refractivity contribution in [1.29, 1.82) is 0 Å². The molecule has 2 aromatic carbocycles. The van der Waals surface area contributed by atoms with Crippen LogP contribution in [0.4, 0.5) is 5.69 Å². The minimum Gasteiger partial charge on any atom is -0.342 e. The van der Waals surface area contributed by atoms with Crippen LogP contribution in [-0.4, -0.2) is 32.3 Å². The molecule has 0 aliphatic rings. The van der Waals surface area contributed by atoms with E-state index in [0.717, 1.165) is 5.56 Å². The number of aromatic nitrogens is 3. The maximum absolute atomic E-state index is 12.8. The third kappa shape index (κ3) is 6.44. The zero-order valence-corrected chi connectivity index (χ0v) is 22.1. The number of thioether (sulfide) groups is 1. The number of halogens is 3. The smallest absolute Gasteiger partial charge is 0.251 e. The number of rotatable bonds is 8. The van der Waals surface area contributed by atoms with Crippen LogP contribution in [0.2, 0.25) is 15.1 Å². The van der Waals surface area contributed by atoms with Crippen LogP contribution in [-0.2, 0) is 11.8 Å². The van der Waals surface area contributed by atoms with Crippen LogP contribution in [0.15, 0.2) is 41.6 Å². The summed E-state index contributed by atoms with van der Waals surface area (Å²) >= 11 is 19.2. The Morgan fingerprint density at radius 2 is 1.79 bits per heavy atom. The first-order valence-corrected chi connectivity index (χ1v) is 12.5. The summed E-state index contributed by atoms with van der Waals surface area (Å²) in [5, 5.41) is 16.2. The van der Waals surface area contributed by atoms with E-state index >= 15 is 0 Å². The van der Waals surface area contributed by atoms with Gasteiger partial charge in [-0.3, -0.25) is 9.59 Å². The predicted octanol–water partition coefficient (Wildman–Crippen LogP) is 5.94. The fourth-order valence-corrected chi connectivity index (χ4v) is 4.44. The van der Waals surface area contributed by atoms with E-state index in [2.05, 4.69) is 20.8 Å². The van der Waals surface area contributed by atoms with Crippen molar-refractivity contribution in [2.45, 2.75) is 32.0 Å². The molecule has 180 valence electrons. The number of aryl methyl sites for hydroxylation is 1. The number of amides is 2. The summed E-state index contributed by atoms with van der Waals surface area (Å²) in [4.78, 5) is 25.3. The predicted molar refractivity (Wildman–Crippen MR) is 138 cm³/mol. The molecule has 1 aromatic heterocycles. The van der Waals surface area contributed by atoms with Gasteiger partial charge in [-0.2, -0.15) is 0 Å². The molecule has 0 saturated heterocycles. The zero-order valence-electron chi connectivity index (χ0n) is 19.0. The van der Waals surface area contributed by atoms with Crippen molar-refractivity contribution in [3.05, 3.63) is 68.4 Å². The number of hydrogen-bond acceptors (Lipinski definition) is 5. The Bertz CT molecular complexity index is 1220. The summed E-state index contributed by atoms with van der Waals surface area (Å²) in [6.07, 6.45) is 0. The van der Waals surface area contributed by atoms with E-state index < -0.39 is 6.04 Å². The Morgan fingerprint density at radius 1 is 1.06 bits per heavy atom. The van der Waals surface area contributed by atoms with Gasteiger partial charge in [-0.05, 0) is 54.8 Å². The molecule has 11 heteroatoms. The lowest BCUT2D eigenvalue weighted by atomic mass is 10.0. The van der Waals surface area contributed by atoms with Crippen molar-refractivity contribution in [2.75, 3.05) is 11.1 Å². The Morgan fingerprint density at radius 3 is 2.44 bits per heavy atom. The topological polar surface area (TPSA) is 88.9 Å². The summed E-state index contributed by atoms with van der Waals surface area (Å²) < 4.78 is 1.78. The first-order valence-electron chi connectivity index (χ1n) is 10.4. The number of anilines is 1. The van der Waals surface area contributed by atoms with Gasteiger partial charge in [0.25, 0.3) is 5.91 Å². The number of nitrogens with zero attached hydrogens (tertiary/aromatic N) is 3. The van der Waals surface area contributed by atoms with Crippen LogP contribution in [0.3, 0.4) is 0 Å². The molecule has 0 unspecified atom stereocenters. The van der Waals surface area contributed by atoms with Crippen molar-refractivity contribution in [1.82, 2.24) is 20.1 Å². The summed E-state index contributed by atoms with van der Waals surface area (Å²) in [5.41, 5.74) is 1.98. The van der Waals surface area contributed by atoms with Crippen LogP contribution in [0.5, 0.6) is 0 Å². The Balaban J connectivity index is 1.68. The fraction of sp³-hybridized carbons (Fsp3) is 0.304. The normalized spacial score (nSPS) is 12.0. The van der Waals surface area contributed by atoms with Crippen LogP contribution in [0.25, 0.3) is 0 Å². The molecular formula is C23H24Cl3N5O2S. The molecule has 0 aliphatic heterocycles. The molecule has 0 bridgehead atoms. The van der Waals surface area contributed by atoms with E-state index in [9.17, 15) is 9.59 Å². The summed E-state index contributed by atoms with van der Waals surface area (Å²) in [6.45, 7) is 5.83. The standard InChI is InChI=1S/C23H24Cl3N5O2S/c1-12(2)20(28-22(33)14-5-7-16(25)17(26)10-14)21-29-30-23(31(21)4)34-11-19(32)27-18-8-6-15(24)9-13(18)3/h5-10,12,20H,11H2,1-4H3,(H,27,32)(H,28,33)/t20-/m1/s1. The van der Waals surface area contributed by atoms with Gasteiger partial charge in [0.1, 0.15) is 0 Å². The molecule has 3 aromatic rings. The third-order valence-corrected chi connectivity index (χ3v) is 7.07. The van der Waals surface area contributed by atoms with E-state index in [0.29, 0.717) is 37.3 Å². The van der Waals surface area contributed by atoms with Crippen LogP contribution >= 0.6 is 46.6 Å². The van der Waals surface area contributed by atoms with Crippen molar-refractivity contribution in [3.63, 3.8) is 0 Å². The minimum absolute atomic E-state index is 0.0312. The Kier molecular flexibility index (Phi) is 8.87. The highest BCUT2D eigenvalue weighted by Gasteiger charge is 2.25. The number of benzene rings is 2. The largest absolute Gasteiger partial charge is 0.342 e. The molecule has 2 amide bonds. The zero-order chi connectivity index (χ0) is 25.0. The molecule has 0 aliphatic carbocycles. The number of carbonyl (C=O) groups excluding carboxylic acids is 2. The molecule has 0 saturated carbocycles. The van der Waals surface area contributed by atoms with Crippen molar-refractivity contribution in [2.24, 2.45) is 13.0 Å². The van der Waals surface area contributed by atoms with Gasteiger partial charge in [0.15, 0.2) is 11.0 Å². The van der Waals surface area contributed by atoms with E-state index in [1.54, 1.807) is 41.9 Å². The summed E-state index contributed by atoms with van der Waals surface area (Å²) in [6, 6.07) is 9.60. The van der Waals surface area contributed by atoms with Crippen LogP contribution < -0.4 is 10.6 Å². The highest BCUT2D eigenvalue weighted by atomic mass is 35.5. The van der Waals surface area contributed by atoms with Crippen LogP contribution in [0.1, 0.15) is 41.6 Å². The fourth-order valence-electron chi connectivity index (χ4n) is 3.20. The second-order valence-corrected chi connectivity index (χ2v) is 10.2. The van der Waals surface area contributed by atoms with Gasteiger partial charge in [-0.1, -0.05) is 60.4 Å². The number of nitrogens with one attached hydrogen (secondary N) is 2. The van der Waals surface area contributed by atoms with Gasteiger partial charge < -0.3 is 15.2 Å². The van der Waals surface area contributed by atoms with E-state index in [1.807, 2.05) is 20.8 Å².